The summed E-state index contributed by atoms with van der Waals surface area (Å²) in [4.78, 5) is 1.02. The van der Waals surface area contributed by atoms with Crippen LogP contribution < -0.4 is 11.5 Å². The van der Waals surface area contributed by atoms with Crippen molar-refractivity contribution < 1.29 is 9.47 Å². The van der Waals surface area contributed by atoms with Gasteiger partial charge >= 0.3 is 0 Å². The van der Waals surface area contributed by atoms with Gasteiger partial charge in [0.2, 0.25) is 5.79 Å². The number of rotatable bonds is 2. The van der Waals surface area contributed by atoms with Gasteiger partial charge in [-0.1, -0.05) is 26.0 Å². The van der Waals surface area contributed by atoms with E-state index in [-0.39, 0.29) is 5.41 Å². The van der Waals surface area contributed by atoms with E-state index >= 15 is 0 Å². The van der Waals surface area contributed by atoms with Gasteiger partial charge in [-0.15, -0.1) is 11.3 Å². The van der Waals surface area contributed by atoms with E-state index in [4.69, 9.17) is 20.9 Å². The molecular formula is C16H20N2O2S. The van der Waals surface area contributed by atoms with Crippen molar-refractivity contribution in [3.8, 4) is 0 Å². The first kappa shape index (κ1) is 14.4. The standard InChI is InChI=1S/C16H20N2O2S/c1-15(2)9-19-16(20-10-15,14-4-3-7-21-14)11-5-6-12(17)13(18)8-11/h3-8H,9-10,17-18H2,1-2H3. The highest BCUT2D eigenvalue weighted by Gasteiger charge is 2.44. The van der Waals surface area contributed by atoms with Crippen LogP contribution in [0.3, 0.4) is 0 Å². The molecular weight excluding hydrogens is 284 g/mol. The monoisotopic (exact) mass is 304 g/mol. The molecule has 4 nitrogen and oxygen atoms in total. The number of nitrogens with two attached hydrogens (primary N) is 2. The smallest absolute Gasteiger partial charge is 0.231 e. The SMILES string of the molecule is CC1(C)COC(c2ccc(N)c(N)c2)(c2cccs2)OC1. The van der Waals surface area contributed by atoms with Crippen molar-refractivity contribution in [1.82, 2.24) is 0 Å². The Kier molecular flexibility index (Phi) is 3.43. The average Bonchev–Trinajstić information content (AvgIpc) is 2.97. The van der Waals surface area contributed by atoms with Crippen molar-refractivity contribution in [2.24, 2.45) is 5.41 Å². The molecule has 1 aliphatic heterocycles. The van der Waals surface area contributed by atoms with Gasteiger partial charge in [0.05, 0.1) is 29.5 Å². The fourth-order valence-electron chi connectivity index (χ4n) is 2.37. The molecule has 21 heavy (non-hydrogen) atoms. The third kappa shape index (κ3) is 2.52. The van der Waals surface area contributed by atoms with Gasteiger partial charge in [0.1, 0.15) is 0 Å². The Balaban J connectivity index is 2.07. The zero-order valence-corrected chi connectivity index (χ0v) is 13.1. The molecule has 0 radical (unpaired) electrons. The first-order chi connectivity index (χ1) is 9.93. The van der Waals surface area contributed by atoms with Gasteiger partial charge in [-0.3, -0.25) is 0 Å². The number of hydrogen-bond acceptors (Lipinski definition) is 5. The lowest BCUT2D eigenvalue weighted by atomic mass is 9.92. The predicted octanol–water partition coefficient (Wildman–Crippen LogP) is 3.19. The van der Waals surface area contributed by atoms with Crippen LogP contribution in [0, 0.1) is 5.41 Å². The highest BCUT2D eigenvalue weighted by molar-refractivity contribution is 7.10. The third-order valence-electron chi connectivity index (χ3n) is 3.64. The van der Waals surface area contributed by atoms with Crippen molar-refractivity contribution in [3.63, 3.8) is 0 Å². The van der Waals surface area contributed by atoms with E-state index in [0.29, 0.717) is 24.6 Å². The third-order valence-corrected chi connectivity index (χ3v) is 4.60. The molecule has 2 aromatic rings. The van der Waals surface area contributed by atoms with Crippen molar-refractivity contribution in [2.45, 2.75) is 19.6 Å². The number of benzene rings is 1. The van der Waals surface area contributed by atoms with Crippen LogP contribution in [0.15, 0.2) is 35.7 Å². The molecule has 1 aromatic carbocycles. The summed E-state index contributed by atoms with van der Waals surface area (Å²) in [7, 11) is 0. The van der Waals surface area contributed by atoms with Crippen molar-refractivity contribution in [2.75, 3.05) is 24.7 Å². The van der Waals surface area contributed by atoms with Crippen LogP contribution in [-0.2, 0) is 15.3 Å². The lowest BCUT2D eigenvalue weighted by Gasteiger charge is -2.43. The van der Waals surface area contributed by atoms with Gasteiger partial charge in [-0.2, -0.15) is 0 Å². The summed E-state index contributed by atoms with van der Waals surface area (Å²) >= 11 is 1.61. The topological polar surface area (TPSA) is 70.5 Å². The summed E-state index contributed by atoms with van der Waals surface area (Å²) in [6.07, 6.45) is 0. The summed E-state index contributed by atoms with van der Waals surface area (Å²) < 4.78 is 12.4. The van der Waals surface area contributed by atoms with Gasteiger partial charge in [0.25, 0.3) is 0 Å². The van der Waals surface area contributed by atoms with E-state index in [9.17, 15) is 0 Å². The molecule has 1 aromatic heterocycles. The number of nitrogen functional groups attached to an aromatic ring is 2. The van der Waals surface area contributed by atoms with Crippen LogP contribution in [0.25, 0.3) is 0 Å². The van der Waals surface area contributed by atoms with Crippen molar-refractivity contribution in [1.29, 1.82) is 0 Å². The molecule has 0 bridgehead atoms. The fourth-order valence-corrected chi connectivity index (χ4v) is 3.23. The van der Waals surface area contributed by atoms with Gasteiger partial charge in [0.15, 0.2) is 0 Å². The van der Waals surface area contributed by atoms with E-state index in [1.807, 2.05) is 29.6 Å². The molecule has 4 N–H and O–H groups in total. The van der Waals surface area contributed by atoms with Gasteiger partial charge in [-0.05, 0) is 23.6 Å². The molecule has 112 valence electrons. The van der Waals surface area contributed by atoms with Crippen LogP contribution in [0.5, 0.6) is 0 Å². The molecule has 0 spiro atoms. The number of hydrogen-bond donors (Lipinski definition) is 2. The molecule has 1 fully saturated rings. The van der Waals surface area contributed by atoms with Crippen LogP contribution >= 0.6 is 11.3 Å². The van der Waals surface area contributed by atoms with E-state index in [0.717, 1.165) is 10.4 Å². The normalized spacial score (nSPS) is 20.3. The molecule has 2 heterocycles. The summed E-state index contributed by atoms with van der Waals surface area (Å²) in [5.74, 6) is -0.883. The molecule has 0 atom stereocenters. The Bertz CT molecular complexity index is 628. The largest absolute Gasteiger partial charge is 0.397 e. The maximum absolute atomic E-state index is 6.20. The molecule has 3 rings (SSSR count). The molecule has 0 amide bonds. The fraction of sp³-hybridized carbons (Fsp3) is 0.375. The van der Waals surface area contributed by atoms with Crippen molar-refractivity contribution >= 4 is 22.7 Å². The number of anilines is 2. The van der Waals surface area contributed by atoms with Crippen LogP contribution in [-0.4, -0.2) is 13.2 Å². The maximum atomic E-state index is 6.20. The lowest BCUT2D eigenvalue weighted by molar-refractivity contribution is -0.282. The quantitative estimate of drug-likeness (QED) is 0.836. The number of ether oxygens (including phenoxy) is 2. The Hall–Kier alpha value is -1.56. The van der Waals surface area contributed by atoms with Crippen LogP contribution in [0.2, 0.25) is 0 Å². The molecule has 0 aliphatic carbocycles. The van der Waals surface area contributed by atoms with Gasteiger partial charge in [-0.25, -0.2) is 0 Å². The Morgan fingerprint density at radius 1 is 1.05 bits per heavy atom. The van der Waals surface area contributed by atoms with E-state index in [1.165, 1.54) is 0 Å². The number of thiophene rings is 1. The summed E-state index contributed by atoms with van der Waals surface area (Å²) in [6, 6.07) is 9.58. The molecule has 1 aliphatic rings. The Morgan fingerprint density at radius 3 is 2.33 bits per heavy atom. The Morgan fingerprint density at radius 2 is 1.76 bits per heavy atom. The zero-order valence-electron chi connectivity index (χ0n) is 12.3. The minimum atomic E-state index is -0.883. The molecule has 5 heteroatoms. The lowest BCUT2D eigenvalue weighted by Crippen LogP contribution is -2.45. The molecule has 0 unspecified atom stereocenters. The maximum Gasteiger partial charge on any atom is 0.231 e. The summed E-state index contributed by atoms with van der Waals surface area (Å²) in [6.45, 7) is 5.50. The second kappa shape index (κ2) is 5.02. The van der Waals surface area contributed by atoms with E-state index < -0.39 is 5.79 Å². The predicted molar refractivity (Wildman–Crippen MR) is 86.1 cm³/mol. The van der Waals surface area contributed by atoms with Crippen molar-refractivity contribution in [3.05, 3.63) is 46.2 Å². The van der Waals surface area contributed by atoms with E-state index in [1.54, 1.807) is 17.4 Å². The first-order valence-electron chi connectivity index (χ1n) is 6.90. The molecule has 1 saturated heterocycles. The van der Waals surface area contributed by atoms with Gasteiger partial charge < -0.3 is 20.9 Å². The zero-order chi connectivity index (χ0) is 15.1. The van der Waals surface area contributed by atoms with Crippen LogP contribution in [0.4, 0.5) is 11.4 Å². The summed E-state index contributed by atoms with van der Waals surface area (Å²) in [5, 5.41) is 2.02. The minimum absolute atomic E-state index is 0.000111. The second-order valence-electron chi connectivity index (χ2n) is 6.18. The highest BCUT2D eigenvalue weighted by Crippen LogP contribution is 2.44. The Labute approximate surface area is 128 Å². The highest BCUT2D eigenvalue weighted by atomic mass is 32.1. The average molecular weight is 304 g/mol. The summed E-state index contributed by atoms with van der Waals surface area (Å²) in [5.41, 5.74) is 13.8. The van der Waals surface area contributed by atoms with Gasteiger partial charge in [0, 0.05) is 11.0 Å². The minimum Gasteiger partial charge on any atom is -0.397 e. The first-order valence-corrected chi connectivity index (χ1v) is 7.78. The van der Waals surface area contributed by atoms with Crippen LogP contribution in [0.1, 0.15) is 24.3 Å². The second-order valence-corrected chi connectivity index (χ2v) is 7.13. The van der Waals surface area contributed by atoms with E-state index in [2.05, 4.69) is 13.8 Å². The molecule has 0 saturated carbocycles.